The third kappa shape index (κ3) is 2.41. The minimum Gasteiger partial charge on any atom is -0.378 e. The van der Waals surface area contributed by atoms with Crippen LogP contribution in [0.25, 0.3) is 0 Å². The Morgan fingerprint density at radius 3 is 2.59 bits per heavy atom. The summed E-state index contributed by atoms with van der Waals surface area (Å²) >= 11 is 12.5. The molecule has 0 amide bonds. The summed E-state index contributed by atoms with van der Waals surface area (Å²) in [5.41, 5.74) is 2.12. The average Bonchev–Trinajstić information content (AvgIpc) is 2.35. The van der Waals surface area contributed by atoms with E-state index >= 15 is 0 Å². The molecule has 3 nitrogen and oxygen atoms in total. The Balaban J connectivity index is 2.46. The Morgan fingerprint density at radius 2 is 2.00 bits per heavy atom. The molecule has 1 aliphatic heterocycles. The number of benzene rings is 1. The Bertz CT molecular complexity index is 443. The first kappa shape index (κ1) is 12.7. The SMILES string of the molecule is Cc1c(C=O)cc(Cl)c(N2CCOCC2)c1Cl. The van der Waals surface area contributed by atoms with Crippen molar-refractivity contribution >= 4 is 35.2 Å². The molecule has 0 unspecified atom stereocenters. The molecule has 0 aromatic heterocycles. The van der Waals surface area contributed by atoms with E-state index in [4.69, 9.17) is 27.9 Å². The fraction of sp³-hybridized carbons (Fsp3) is 0.417. The van der Waals surface area contributed by atoms with Crippen LogP contribution in [0.4, 0.5) is 5.69 Å². The molecular formula is C12H13Cl2NO2. The summed E-state index contributed by atoms with van der Waals surface area (Å²) in [6.07, 6.45) is 0.774. The van der Waals surface area contributed by atoms with E-state index in [2.05, 4.69) is 4.90 Å². The van der Waals surface area contributed by atoms with Crippen molar-refractivity contribution in [1.82, 2.24) is 0 Å². The van der Waals surface area contributed by atoms with E-state index in [0.717, 1.165) is 30.6 Å². The molecule has 0 atom stereocenters. The third-order valence-electron chi connectivity index (χ3n) is 2.93. The molecule has 1 fully saturated rings. The second-order valence-corrected chi connectivity index (χ2v) is 4.74. The van der Waals surface area contributed by atoms with Gasteiger partial charge in [0.15, 0.2) is 0 Å². The fourth-order valence-electron chi connectivity index (χ4n) is 1.92. The van der Waals surface area contributed by atoms with Crippen molar-refractivity contribution in [1.29, 1.82) is 0 Å². The molecule has 92 valence electrons. The number of nitrogens with zero attached hydrogens (tertiary/aromatic N) is 1. The van der Waals surface area contributed by atoms with E-state index in [9.17, 15) is 4.79 Å². The minimum absolute atomic E-state index is 0.518. The van der Waals surface area contributed by atoms with Gasteiger partial charge in [-0.3, -0.25) is 4.79 Å². The van der Waals surface area contributed by atoms with Gasteiger partial charge >= 0.3 is 0 Å². The highest BCUT2D eigenvalue weighted by Crippen LogP contribution is 2.38. The molecule has 0 spiro atoms. The van der Waals surface area contributed by atoms with Crippen LogP contribution in [0, 0.1) is 6.92 Å². The second-order valence-electron chi connectivity index (χ2n) is 3.95. The van der Waals surface area contributed by atoms with Gasteiger partial charge < -0.3 is 9.64 Å². The molecule has 1 heterocycles. The molecule has 0 N–H and O–H groups in total. The Hall–Kier alpha value is -0.770. The largest absolute Gasteiger partial charge is 0.378 e. The number of aldehydes is 1. The van der Waals surface area contributed by atoms with Gasteiger partial charge in [-0.05, 0) is 18.6 Å². The monoisotopic (exact) mass is 273 g/mol. The normalized spacial score (nSPS) is 16.1. The van der Waals surface area contributed by atoms with Crippen molar-refractivity contribution in [3.05, 3.63) is 27.2 Å². The molecule has 2 rings (SSSR count). The number of morpholine rings is 1. The number of carbonyl (C=O) groups excluding carboxylic acids is 1. The fourth-order valence-corrected chi connectivity index (χ4v) is 2.63. The van der Waals surface area contributed by atoms with Crippen LogP contribution < -0.4 is 4.90 Å². The van der Waals surface area contributed by atoms with Gasteiger partial charge in [0.1, 0.15) is 6.29 Å². The van der Waals surface area contributed by atoms with Gasteiger partial charge in [-0.15, -0.1) is 0 Å². The van der Waals surface area contributed by atoms with Gasteiger partial charge in [-0.1, -0.05) is 23.2 Å². The maximum Gasteiger partial charge on any atom is 0.150 e. The lowest BCUT2D eigenvalue weighted by Gasteiger charge is -2.31. The standard InChI is InChI=1S/C12H13Cl2NO2/c1-8-9(7-16)6-10(13)12(11(8)14)15-2-4-17-5-3-15/h6-7H,2-5H2,1H3. The summed E-state index contributed by atoms with van der Waals surface area (Å²) in [7, 11) is 0. The molecule has 0 radical (unpaired) electrons. The van der Waals surface area contributed by atoms with Gasteiger partial charge in [-0.25, -0.2) is 0 Å². The predicted molar refractivity (Wildman–Crippen MR) is 69.6 cm³/mol. The van der Waals surface area contributed by atoms with Crippen LogP contribution in [0.1, 0.15) is 15.9 Å². The Kier molecular flexibility index (Phi) is 3.92. The Morgan fingerprint density at radius 1 is 1.35 bits per heavy atom. The highest BCUT2D eigenvalue weighted by Gasteiger charge is 2.20. The van der Waals surface area contributed by atoms with Crippen LogP contribution in [-0.4, -0.2) is 32.6 Å². The molecule has 1 aromatic carbocycles. The number of hydrogen-bond donors (Lipinski definition) is 0. The number of anilines is 1. The maximum atomic E-state index is 10.9. The van der Waals surface area contributed by atoms with E-state index in [1.54, 1.807) is 6.07 Å². The lowest BCUT2D eigenvalue weighted by Crippen LogP contribution is -2.36. The van der Waals surface area contributed by atoms with Crippen LogP contribution in [-0.2, 0) is 4.74 Å². The summed E-state index contributed by atoms with van der Waals surface area (Å²) < 4.78 is 5.29. The summed E-state index contributed by atoms with van der Waals surface area (Å²) in [4.78, 5) is 13.0. The second kappa shape index (κ2) is 5.25. The van der Waals surface area contributed by atoms with Gasteiger partial charge in [0.2, 0.25) is 0 Å². The van der Waals surface area contributed by atoms with Crippen LogP contribution in [0.3, 0.4) is 0 Å². The molecule has 0 saturated carbocycles. The average molecular weight is 274 g/mol. The van der Waals surface area contributed by atoms with Gasteiger partial charge in [0.05, 0.1) is 28.9 Å². The van der Waals surface area contributed by atoms with Crippen molar-refractivity contribution in [2.45, 2.75) is 6.92 Å². The van der Waals surface area contributed by atoms with Crippen LogP contribution in [0.5, 0.6) is 0 Å². The minimum atomic E-state index is 0.518. The van der Waals surface area contributed by atoms with E-state index in [1.807, 2.05) is 6.92 Å². The zero-order valence-corrected chi connectivity index (χ0v) is 11.0. The van der Waals surface area contributed by atoms with Crippen molar-refractivity contribution in [2.75, 3.05) is 31.2 Å². The molecule has 0 aliphatic carbocycles. The maximum absolute atomic E-state index is 10.9. The highest BCUT2D eigenvalue weighted by atomic mass is 35.5. The molecule has 0 bridgehead atoms. The van der Waals surface area contributed by atoms with Crippen LogP contribution in [0.15, 0.2) is 6.07 Å². The first-order valence-corrected chi connectivity index (χ1v) is 6.17. The van der Waals surface area contributed by atoms with Crippen molar-refractivity contribution in [2.24, 2.45) is 0 Å². The smallest absolute Gasteiger partial charge is 0.150 e. The number of hydrogen-bond acceptors (Lipinski definition) is 3. The number of ether oxygens (including phenoxy) is 1. The summed E-state index contributed by atoms with van der Waals surface area (Å²) in [5.74, 6) is 0. The van der Waals surface area contributed by atoms with E-state index in [-0.39, 0.29) is 0 Å². The number of rotatable bonds is 2. The summed E-state index contributed by atoms with van der Waals surface area (Å²) in [6, 6.07) is 1.67. The van der Waals surface area contributed by atoms with Gasteiger partial charge in [0, 0.05) is 18.7 Å². The third-order valence-corrected chi connectivity index (χ3v) is 3.68. The quantitative estimate of drug-likeness (QED) is 0.776. The first-order valence-electron chi connectivity index (χ1n) is 5.41. The van der Waals surface area contributed by atoms with Crippen LogP contribution >= 0.6 is 23.2 Å². The zero-order valence-electron chi connectivity index (χ0n) is 9.50. The lowest BCUT2D eigenvalue weighted by atomic mass is 10.1. The van der Waals surface area contributed by atoms with Crippen molar-refractivity contribution in [3.63, 3.8) is 0 Å². The first-order chi connectivity index (χ1) is 8.15. The van der Waals surface area contributed by atoms with Gasteiger partial charge in [-0.2, -0.15) is 0 Å². The van der Waals surface area contributed by atoms with Crippen molar-refractivity contribution in [3.8, 4) is 0 Å². The Labute approximate surface area is 110 Å². The molecule has 1 aliphatic rings. The van der Waals surface area contributed by atoms with Gasteiger partial charge in [0.25, 0.3) is 0 Å². The summed E-state index contributed by atoms with van der Waals surface area (Å²) in [6.45, 7) is 4.69. The van der Waals surface area contributed by atoms with Crippen molar-refractivity contribution < 1.29 is 9.53 Å². The van der Waals surface area contributed by atoms with E-state index in [1.165, 1.54) is 0 Å². The lowest BCUT2D eigenvalue weighted by molar-refractivity contribution is 0.112. The van der Waals surface area contributed by atoms with E-state index < -0.39 is 0 Å². The molecule has 5 heteroatoms. The predicted octanol–water partition coefficient (Wildman–Crippen LogP) is 2.95. The zero-order chi connectivity index (χ0) is 12.4. The molecule has 1 saturated heterocycles. The number of carbonyl (C=O) groups is 1. The molecule has 17 heavy (non-hydrogen) atoms. The number of halogens is 2. The molecular weight excluding hydrogens is 261 g/mol. The topological polar surface area (TPSA) is 29.5 Å². The highest BCUT2D eigenvalue weighted by molar-refractivity contribution is 6.40. The van der Waals surface area contributed by atoms with E-state index in [0.29, 0.717) is 28.8 Å². The summed E-state index contributed by atoms with van der Waals surface area (Å²) in [5, 5.41) is 1.08. The van der Waals surface area contributed by atoms with Crippen LogP contribution in [0.2, 0.25) is 10.0 Å². The molecule has 1 aromatic rings.